The number of aliphatic hydroxyl groups excluding tert-OH is 1. The molecule has 0 saturated carbocycles. The minimum atomic E-state index is -0.279. The summed E-state index contributed by atoms with van der Waals surface area (Å²) in [5, 5.41) is 8.76. The van der Waals surface area contributed by atoms with Crippen molar-refractivity contribution in [2.75, 3.05) is 19.7 Å². The zero-order chi connectivity index (χ0) is 13.7. The van der Waals surface area contributed by atoms with Gasteiger partial charge in [0.05, 0.1) is 0 Å². The molecule has 2 nitrogen and oxygen atoms in total. The lowest BCUT2D eigenvalue weighted by atomic mass is 10.1. The van der Waals surface area contributed by atoms with Crippen LogP contribution in [0.2, 0.25) is 0 Å². The molecule has 0 aliphatic carbocycles. The number of likely N-dealkylation sites (tertiary alicyclic amines) is 1. The van der Waals surface area contributed by atoms with Gasteiger partial charge < -0.3 is 5.11 Å². The highest BCUT2D eigenvalue weighted by Crippen LogP contribution is 2.22. The van der Waals surface area contributed by atoms with Crippen LogP contribution in [0.4, 0.5) is 4.39 Å². The van der Waals surface area contributed by atoms with Crippen molar-refractivity contribution in [3.05, 3.63) is 35.1 Å². The molecule has 2 rings (SSSR count). The molecule has 0 amide bonds. The number of hydrogen-bond acceptors (Lipinski definition) is 2. The van der Waals surface area contributed by atoms with Gasteiger partial charge in [-0.3, -0.25) is 4.90 Å². The summed E-state index contributed by atoms with van der Waals surface area (Å²) in [5.74, 6) is 5.94. The van der Waals surface area contributed by atoms with Gasteiger partial charge in [-0.05, 0) is 36.6 Å². The Morgan fingerprint density at radius 1 is 1.47 bits per heavy atom. The maximum Gasteiger partial charge on any atom is 0.124 e. The first-order valence-electron chi connectivity index (χ1n) is 6.83. The van der Waals surface area contributed by atoms with Gasteiger partial charge >= 0.3 is 0 Å². The minimum absolute atomic E-state index is 0.197. The van der Waals surface area contributed by atoms with Crippen LogP contribution in [-0.4, -0.2) is 29.7 Å². The van der Waals surface area contributed by atoms with E-state index in [1.54, 1.807) is 6.07 Å². The zero-order valence-electron chi connectivity index (χ0n) is 11.3. The van der Waals surface area contributed by atoms with Gasteiger partial charge in [-0.2, -0.15) is 0 Å². The van der Waals surface area contributed by atoms with Gasteiger partial charge in [0.2, 0.25) is 0 Å². The second-order valence-electron chi connectivity index (χ2n) is 5.06. The Labute approximate surface area is 114 Å². The van der Waals surface area contributed by atoms with E-state index in [0.29, 0.717) is 5.56 Å². The highest BCUT2D eigenvalue weighted by Gasteiger charge is 2.21. The van der Waals surface area contributed by atoms with Crippen molar-refractivity contribution in [2.24, 2.45) is 5.92 Å². The molecule has 0 spiro atoms. The Morgan fingerprint density at radius 3 is 3.00 bits per heavy atom. The fraction of sp³-hybridized carbons (Fsp3) is 0.500. The number of nitrogens with zero attached hydrogens (tertiary/aromatic N) is 1. The van der Waals surface area contributed by atoms with Crippen LogP contribution in [0, 0.1) is 23.6 Å². The summed E-state index contributed by atoms with van der Waals surface area (Å²) in [6, 6.07) is 4.73. The highest BCUT2D eigenvalue weighted by molar-refractivity contribution is 5.41. The fourth-order valence-electron chi connectivity index (χ4n) is 2.57. The van der Waals surface area contributed by atoms with E-state index in [-0.39, 0.29) is 12.4 Å². The van der Waals surface area contributed by atoms with Crippen molar-refractivity contribution in [3.8, 4) is 11.8 Å². The van der Waals surface area contributed by atoms with Gasteiger partial charge in [0, 0.05) is 18.7 Å². The standard InChI is InChI=1S/C16H20FNO/c1-2-13-7-8-18(11-13)12-15-5-6-16(17)10-14(15)4-3-9-19/h5-6,10,13,19H,2,7-9,11-12H2,1H3. The van der Waals surface area contributed by atoms with Crippen molar-refractivity contribution in [1.82, 2.24) is 4.90 Å². The Kier molecular flexibility index (Phi) is 4.95. The van der Waals surface area contributed by atoms with Gasteiger partial charge in [-0.15, -0.1) is 0 Å². The Bertz CT molecular complexity index is 489. The summed E-state index contributed by atoms with van der Waals surface area (Å²) < 4.78 is 13.3. The molecule has 1 heterocycles. The molecule has 1 atom stereocenters. The second-order valence-corrected chi connectivity index (χ2v) is 5.06. The number of benzene rings is 1. The average Bonchev–Trinajstić information content (AvgIpc) is 2.86. The lowest BCUT2D eigenvalue weighted by molar-refractivity contribution is 0.315. The Morgan fingerprint density at radius 2 is 2.32 bits per heavy atom. The van der Waals surface area contributed by atoms with Crippen LogP contribution in [0.25, 0.3) is 0 Å². The van der Waals surface area contributed by atoms with E-state index in [1.165, 1.54) is 25.0 Å². The quantitative estimate of drug-likeness (QED) is 0.845. The molecule has 102 valence electrons. The summed E-state index contributed by atoms with van der Waals surface area (Å²) in [5.41, 5.74) is 1.73. The molecular weight excluding hydrogens is 241 g/mol. The lowest BCUT2D eigenvalue weighted by Crippen LogP contribution is -2.20. The third kappa shape index (κ3) is 3.79. The number of aliphatic hydroxyl groups is 1. The molecule has 1 N–H and O–H groups in total. The lowest BCUT2D eigenvalue weighted by Gasteiger charge is -2.16. The zero-order valence-corrected chi connectivity index (χ0v) is 11.3. The smallest absolute Gasteiger partial charge is 0.124 e. The first-order valence-corrected chi connectivity index (χ1v) is 6.83. The summed E-state index contributed by atoms with van der Waals surface area (Å²) in [4.78, 5) is 2.39. The molecule has 1 aromatic rings. The van der Waals surface area contributed by atoms with E-state index in [1.807, 2.05) is 0 Å². The van der Waals surface area contributed by atoms with Crippen molar-refractivity contribution >= 4 is 0 Å². The first-order chi connectivity index (χ1) is 9.22. The molecule has 0 aromatic heterocycles. The number of halogens is 1. The molecule has 1 unspecified atom stereocenters. The van der Waals surface area contributed by atoms with Crippen molar-refractivity contribution in [2.45, 2.75) is 26.3 Å². The molecule has 0 radical (unpaired) electrons. The van der Waals surface area contributed by atoms with Gasteiger partial charge in [-0.1, -0.05) is 31.3 Å². The first kappa shape index (κ1) is 14.0. The minimum Gasteiger partial charge on any atom is -0.384 e. The van der Waals surface area contributed by atoms with Crippen LogP contribution < -0.4 is 0 Å². The normalized spacial score (nSPS) is 19.2. The molecule has 1 aliphatic heterocycles. The van der Waals surface area contributed by atoms with Crippen LogP contribution >= 0.6 is 0 Å². The monoisotopic (exact) mass is 261 g/mol. The van der Waals surface area contributed by atoms with Crippen molar-refractivity contribution in [3.63, 3.8) is 0 Å². The molecule has 19 heavy (non-hydrogen) atoms. The Hall–Kier alpha value is -1.37. The topological polar surface area (TPSA) is 23.5 Å². The van der Waals surface area contributed by atoms with Crippen LogP contribution in [0.3, 0.4) is 0 Å². The van der Waals surface area contributed by atoms with E-state index in [2.05, 4.69) is 23.7 Å². The SMILES string of the molecule is CCC1CCN(Cc2ccc(F)cc2C#CCO)C1. The summed E-state index contributed by atoms with van der Waals surface area (Å²) in [7, 11) is 0. The van der Waals surface area contributed by atoms with Crippen molar-refractivity contribution in [1.29, 1.82) is 0 Å². The molecule has 1 aromatic carbocycles. The second kappa shape index (κ2) is 6.70. The van der Waals surface area contributed by atoms with E-state index in [9.17, 15) is 4.39 Å². The predicted molar refractivity (Wildman–Crippen MR) is 74.0 cm³/mol. The fourth-order valence-corrected chi connectivity index (χ4v) is 2.57. The third-order valence-electron chi connectivity index (χ3n) is 3.72. The summed E-state index contributed by atoms with van der Waals surface area (Å²) in [6.07, 6.45) is 2.46. The van der Waals surface area contributed by atoms with Gasteiger partial charge in [0.1, 0.15) is 12.4 Å². The van der Waals surface area contributed by atoms with Gasteiger partial charge in [0.25, 0.3) is 0 Å². The van der Waals surface area contributed by atoms with E-state index in [4.69, 9.17) is 5.11 Å². The van der Waals surface area contributed by atoms with Crippen LogP contribution in [0.1, 0.15) is 30.9 Å². The predicted octanol–water partition coefficient (Wildman–Crippen LogP) is 2.40. The number of rotatable bonds is 3. The van der Waals surface area contributed by atoms with Crippen molar-refractivity contribution < 1.29 is 9.50 Å². The highest BCUT2D eigenvalue weighted by atomic mass is 19.1. The van der Waals surface area contributed by atoms with Crippen LogP contribution in [0.5, 0.6) is 0 Å². The molecule has 0 bridgehead atoms. The third-order valence-corrected chi connectivity index (χ3v) is 3.72. The Balaban J connectivity index is 2.11. The maximum atomic E-state index is 13.3. The van der Waals surface area contributed by atoms with E-state index >= 15 is 0 Å². The number of hydrogen-bond donors (Lipinski definition) is 1. The largest absolute Gasteiger partial charge is 0.384 e. The van der Waals surface area contributed by atoms with E-state index in [0.717, 1.165) is 31.1 Å². The van der Waals surface area contributed by atoms with Crippen LogP contribution in [-0.2, 0) is 6.54 Å². The molecule has 1 fully saturated rings. The molecule has 1 aliphatic rings. The van der Waals surface area contributed by atoms with E-state index < -0.39 is 0 Å². The molecular formula is C16H20FNO. The molecule has 1 saturated heterocycles. The van der Waals surface area contributed by atoms with Crippen LogP contribution in [0.15, 0.2) is 18.2 Å². The summed E-state index contributed by atoms with van der Waals surface area (Å²) >= 11 is 0. The maximum absolute atomic E-state index is 13.3. The van der Waals surface area contributed by atoms with Gasteiger partial charge in [-0.25, -0.2) is 4.39 Å². The molecule has 3 heteroatoms. The average molecular weight is 261 g/mol. The van der Waals surface area contributed by atoms with Gasteiger partial charge in [0.15, 0.2) is 0 Å². The summed E-state index contributed by atoms with van der Waals surface area (Å²) in [6.45, 7) is 5.05.